The molecule has 1 amide bonds. The Morgan fingerprint density at radius 3 is 2.82 bits per heavy atom. The minimum Gasteiger partial charge on any atom is -0.441 e. The van der Waals surface area contributed by atoms with Gasteiger partial charge in [0.1, 0.15) is 11.6 Å². The standard InChI is InChI=1S/C20H21N5O3/c1-12(2)18(26)19-24-23-16-8-7-13(11-25(16)19)20(27)21-10-9-17-22-14-5-3-4-6-15(14)28-17/h3-8,11-12,18,26H,9-10H2,1-2H3,(H,21,27). The van der Waals surface area contributed by atoms with Gasteiger partial charge >= 0.3 is 0 Å². The molecule has 4 rings (SSSR count). The van der Waals surface area contributed by atoms with E-state index in [1.807, 2.05) is 38.1 Å². The first kappa shape index (κ1) is 18.1. The summed E-state index contributed by atoms with van der Waals surface area (Å²) in [5.74, 6) is 0.766. The van der Waals surface area contributed by atoms with Gasteiger partial charge in [0, 0.05) is 19.2 Å². The first-order valence-electron chi connectivity index (χ1n) is 9.18. The minimum absolute atomic E-state index is 0.0128. The van der Waals surface area contributed by atoms with Gasteiger partial charge in [0.2, 0.25) is 0 Å². The fraction of sp³-hybridized carbons (Fsp3) is 0.300. The maximum Gasteiger partial charge on any atom is 0.252 e. The molecule has 1 aromatic carbocycles. The van der Waals surface area contributed by atoms with Crippen LogP contribution in [0.3, 0.4) is 0 Å². The maximum atomic E-state index is 12.5. The summed E-state index contributed by atoms with van der Waals surface area (Å²) in [4.78, 5) is 16.9. The van der Waals surface area contributed by atoms with Crippen LogP contribution in [0.5, 0.6) is 0 Å². The summed E-state index contributed by atoms with van der Waals surface area (Å²) < 4.78 is 7.31. The van der Waals surface area contributed by atoms with E-state index < -0.39 is 6.10 Å². The fourth-order valence-electron chi connectivity index (χ4n) is 2.95. The maximum absolute atomic E-state index is 12.5. The molecular formula is C20H21N5O3. The van der Waals surface area contributed by atoms with Crippen LogP contribution in [0.2, 0.25) is 0 Å². The van der Waals surface area contributed by atoms with E-state index in [-0.39, 0.29) is 11.8 Å². The number of aromatic nitrogens is 4. The van der Waals surface area contributed by atoms with E-state index in [1.165, 1.54) is 0 Å². The lowest BCUT2D eigenvalue weighted by molar-refractivity contribution is 0.0952. The zero-order valence-corrected chi connectivity index (χ0v) is 15.7. The number of para-hydroxylation sites is 2. The van der Waals surface area contributed by atoms with Gasteiger partial charge in [-0.2, -0.15) is 0 Å². The van der Waals surface area contributed by atoms with Crippen molar-refractivity contribution in [3.63, 3.8) is 0 Å². The number of rotatable bonds is 6. The average molecular weight is 379 g/mol. The van der Waals surface area contributed by atoms with E-state index in [0.29, 0.717) is 35.9 Å². The van der Waals surface area contributed by atoms with Gasteiger partial charge in [-0.25, -0.2) is 4.98 Å². The highest BCUT2D eigenvalue weighted by molar-refractivity contribution is 5.94. The van der Waals surface area contributed by atoms with Crippen molar-refractivity contribution in [2.24, 2.45) is 5.92 Å². The van der Waals surface area contributed by atoms with E-state index in [9.17, 15) is 9.90 Å². The number of benzene rings is 1. The van der Waals surface area contributed by atoms with Crippen molar-refractivity contribution in [2.75, 3.05) is 6.54 Å². The molecule has 3 aromatic heterocycles. The highest BCUT2D eigenvalue weighted by atomic mass is 16.3. The molecule has 0 aliphatic carbocycles. The zero-order chi connectivity index (χ0) is 19.7. The summed E-state index contributed by atoms with van der Waals surface area (Å²) in [5.41, 5.74) is 2.58. The average Bonchev–Trinajstić information content (AvgIpc) is 3.30. The van der Waals surface area contributed by atoms with Gasteiger partial charge in [-0.05, 0) is 30.2 Å². The van der Waals surface area contributed by atoms with Crippen molar-refractivity contribution < 1.29 is 14.3 Å². The topological polar surface area (TPSA) is 106 Å². The first-order valence-corrected chi connectivity index (χ1v) is 9.18. The summed E-state index contributed by atoms with van der Waals surface area (Å²) in [6.07, 6.45) is 1.38. The van der Waals surface area contributed by atoms with E-state index in [1.54, 1.807) is 22.7 Å². The Hall–Kier alpha value is -3.26. The van der Waals surface area contributed by atoms with Crippen molar-refractivity contribution >= 4 is 22.7 Å². The highest BCUT2D eigenvalue weighted by Gasteiger charge is 2.19. The smallest absolute Gasteiger partial charge is 0.252 e. The molecule has 28 heavy (non-hydrogen) atoms. The number of pyridine rings is 1. The normalized spacial score (nSPS) is 12.7. The van der Waals surface area contributed by atoms with Crippen LogP contribution in [0.25, 0.3) is 16.7 Å². The van der Waals surface area contributed by atoms with Crippen LogP contribution in [0.4, 0.5) is 0 Å². The number of amides is 1. The Kier molecular flexibility index (Phi) is 4.79. The number of nitrogens with zero attached hydrogens (tertiary/aromatic N) is 4. The van der Waals surface area contributed by atoms with E-state index >= 15 is 0 Å². The molecule has 1 atom stereocenters. The molecule has 0 fully saturated rings. The Balaban J connectivity index is 1.45. The first-order chi connectivity index (χ1) is 13.5. The van der Waals surface area contributed by atoms with Crippen LogP contribution in [-0.2, 0) is 6.42 Å². The van der Waals surface area contributed by atoms with E-state index in [2.05, 4.69) is 20.5 Å². The second-order valence-corrected chi connectivity index (χ2v) is 6.97. The monoisotopic (exact) mass is 379 g/mol. The van der Waals surface area contributed by atoms with Gasteiger partial charge < -0.3 is 14.8 Å². The van der Waals surface area contributed by atoms with Gasteiger partial charge in [0.15, 0.2) is 22.9 Å². The predicted octanol–water partition coefficient (Wildman–Crippen LogP) is 2.53. The summed E-state index contributed by atoms with van der Waals surface area (Å²) >= 11 is 0. The van der Waals surface area contributed by atoms with Gasteiger partial charge in [-0.1, -0.05) is 26.0 Å². The van der Waals surface area contributed by atoms with Gasteiger partial charge in [0.25, 0.3) is 5.91 Å². The van der Waals surface area contributed by atoms with Crippen LogP contribution >= 0.6 is 0 Å². The van der Waals surface area contributed by atoms with Crippen molar-refractivity contribution in [3.8, 4) is 0 Å². The summed E-state index contributed by atoms with van der Waals surface area (Å²) in [6.45, 7) is 4.19. The van der Waals surface area contributed by atoms with Crippen molar-refractivity contribution in [3.05, 3.63) is 59.9 Å². The van der Waals surface area contributed by atoms with Crippen LogP contribution in [0, 0.1) is 5.92 Å². The lowest BCUT2D eigenvalue weighted by atomic mass is 10.1. The molecule has 3 heterocycles. The molecule has 0 aliphatic rings. The third kappa shape index (κ3) is 3.46. The van der Waals surface area contributed by atoms with Crippen molar-refractivity contribution in [2.45, 2.75) is 26.4 Å². The summed E-state index contributed by atoms with van der Waals surface area (Å²) in [7, 11) is 0. The Morgan fingerprint density at radius 1 is 1.21 bits per heavy atom. The lowest BCUT2D eigenvalue weighted by Crippen LogP contribution is -2.26. The number of oxazole rings is 1. The number of carbonyl (C=O) groups excluding carboxylic acids is 1. The molecule has 0 saturated carbocycles. The lowest BCUT2D eigenvalue weighted by Gasteiger charge is -2.12. The fourth-order valence-corrected chi connectivity index (χ4v) is 2.95. The van der Waals surface area contributed by atoms with Gasteiger partial charge in [-0.3, -0.25) is 9.20 Å². The number of hydrogen-bond acceptors (Lipinski definition) is 6. The Bertz CT molecular complexity index is 1100. The van der Waals surface area contributed by atoms with Crippen LogP contribution in [-0.4, -0.2) is 37.1 Å². The number of aliphatic hydroxyl groups excluding tert-OH is 1. The predicted molar refractivity (Wildman–Crippen MR) is 103 cm³/mol. The molecule has 144 valence electrons. The molecule has 8 nitrogen and oxygen atoms in total. The van der Waals surface area contributed by atoms with Crippen molar-refractivity contribution in [1.82, 2.24) is 24.9 Å². The molecular weight excluding hydrogens is 358 g/mol. The van der Waals surface area contributed by atoms with Gasteiger partial charge in [-0.15, -0.1) is 10.2 Å². The molecule has 0 radical (unpaired) electrons. The van der Waals surface area contributed by atoms with E-state index in [0.717, 1.165) is 11.1 Å². The highest BCUT2D eigenvalue weighted by Crippen LogP contribution is 2.20. The Morgan fingerprint density at radius 2 is 2.04 bits per heavy atom. The molecule has 0 spiro atoms. The summed E-state index contributed by atoms with van der Waals surface area (Å²) in [6, 6.07) is 10.9. The van der Waals surface area contributed by atoms with Crippen LogP contribution in [0.1, 0.15) is 42.0 Å². The van der Waals surface area contributed by atoms with Crippen molar-refractivity contribution in [1.29, 1.82) is 0 Å². The van der Waals surface area contributed by atoms with Crippen LogP contribution < -0.4 is 5.32 Å². The summed E-state index contributed by atoms with van der Waals surface area (Å²) in [5, 5.41) is 21.3. The second-order valence-electron chi connectivity index (χ2n) is 6.97. The molecule has 0 saturated heterocycles. The Labute approximate surface area is 161 Å². The number of nitrogens with one attached hydrogen (secondary N) is 1. The number of hydrogen-bond donors (Lipinski definition) is 2. The van der Waals surface area contributed by atoms with Crippen LogP contribution in [0.15, 0.2) is 47.0 Å². The SMILES string of the molecule is CC(C)C(O)c1nnc2ccc(C(=O)NCCc3nc4ccccc4o3)cn12. The third-order valence-electron chi connectivity index (χ3n) is 4.55. The molecule has 2 N–H and O–H groups in total. The molecule has 8 heteroatoms. The number of fused-ring (bicyclic) bond motifs is 2. The molecule has 0 bridgehead atoms. The van der Waals surface area contributed by atoms with E-state index in [4.69, 9.17) is 4.42 Å². The molecule has 4 aromatic rings. The number of carbonyl (C=O) groups is 1. The number of aliphatic hydroxyl groups is 1. The molecule has 0 aliphatic heterocycles. The third-order valence-corrected chi connectivity index (χ3v) is 4.55. The second kappa shape index (κ2) is 7.40. The quantitative estimate of drug-likeness (QED) is 0.533. The molecule has 1 unspecified atom stereocenters. The zero-order valence-electron chi connectivity index (χ0n) is 15.7. The minimum atomic E-state index is -0.757. The largest absolute Gasteiger partial charge is 0.441 e. The van der Waals surface area contributed by atoms with Gasteiger partial charge in [0.05, 0.1) is 5.56 Å².